The Bertz CT molecular complexity index is 1000. The Balaban J connectivity index is 1.74. The molecule has 0 atom stereocenters. The second-order valence-corrected chi connectivity index (χ2v) is 6.31. The fourth-order valence-corrected chi connectivity index (χ4v) is 3.45. The monoisotopic (exact) mass is 355 g/mol. The topological polar surface area (TPSA) is 72.7 Å². The van der Waals surface area contributed by atoms with Gasteiger partial charge < -0.3 is 14.6 Å². The number of ether oxygens (including phenoxy) is 1. The summed E-state index contributed by atoms with van der Waals surface area (Å²) in [5.74, 6) is -0.326. The van der Waals surface area contributed by atoms with Crippen LogP contribution in [0.1, 0.15) is 10.4 Å². The van der Waals surface area contributed by atoms with Gasteiger partial charge in [-0.3, -0.25) is 9.59 Å². The number of amides is 2. The molecule has 6 nitrogen and oxygen atoms in total. The van der Waals surface area contributed by atoms with Crippen LogP contribution in [0.2, 0.25) is 0 Å². The standard InChI is InChI=1S/C18H17N3O3S/c1-21-13-8-4-6-10-15(13)25-18(21)20-16(22)11-19-17(23)12-7-3-5-9-14(12)24-2/h3-10H,11H2,1-2H3,(H,19,23). The molecule has 0 bridgehead atoms. The lowest BCUT2D eigenvalue weighted by atomic mass is 10.2. The SMILES string of the molecule is COc1ccccc1C(=O)NCC(=O)N=c1sc2ccccc2n1C. The van der Waals surface area contributed by atoms with Crippen molar-refractivity contribution < 1.29 is 14.3 Å². The number of para-hydroxylation sites is 2. The van der Waals surface area contributed by atoms with Crippen molar-refractivity contribution in [3.63, 3.8) is 0 Å². The zero-order chi connectivity index (χ0) is 17.8. The highest BCUT2D eigenvalue weighted by Crippen LogP contribution is 2.17. The lowest BCUT2D eigenvalue weighted by Gasteiger charge is -2.07. The minimum atomic E-state index is -0.412. The number of nitrogens with one attached hydrogen (secondary N) is 1. The number of benzene rings is 2. The first-order valence-electron chi connectivity index (χ1n) is 7.63. The molecule has 0 unspecified atom stereocenters. The van der Waals surface area contributed by atoms with Crippen LogP contribution in [0.4, 0.5) is 0 Å². The van der Waals surface area contributed by atoms with Gasteiger partial charge in [0.2, 0.25) is 0 Å². The minimum Gasteiger partial charge on any atom is -0.496 e. The van der Waals surface area contributed by atoms with E-state index in [1.54, 1.807) is 24.3 Å². The summed E-state index contributed by atoms with van der Waals surface area (Å²) in [6, 6.07) is 14.7. The summed E-state index contributed by atoms with van der Waals surface area (Å²) >= 11 is 1.43. The summed E-state index contributed by atoms with van der Waals surface area (Å²) in [5, 5.41) is 2.58. The van der Waals surface area contributed by atoms with E-state index in [1.807, 2.05) is 35.9 Å². The van der Waals surface area contributed by atoms with Crippen molar-refractivity contribution in [2.45, 2.75) is 0 Å². The number of carbonyl (C=O) groups is 2. The van der Waals surface area contributed by atoms with Gasteiger partial charge in [-0.05, 0) is 24.3 Å². The molecule has 25 heavy (non-hydrogen) atoms. The number of hydrogen-bond acceptors (Lipinski definition) is 4. The van der Waals surface area contributed by atoms with Crippen molar-refractivity contribution in [2.75, 3.05) is 13.7 Å². The molecule has 0 aliphatic rings. The van der Waals surface area contributed by atoms with Crippen LogP contribution in [0, 0.1) is 0 Å². The first kappa shape index (κ1) is 16.9. The Morgan fingerprint density at radius 2 is 1.88 bits per heavy atom. The number of hydrogen-bond donors (Lipinski definition) is 1. The molecule has 0 saturated heterocycles. The summed E-state index contributed by atoms with van der Waals surface area (Å²) in [6.07, 6.45) is 0. The molecule has 3 aromatic rings. The molecule has 0 saturated carbocycles. The molecular formula is C18H17N3O3S. The zero-order valence-corrected chi connectivity index (χ0v) is 14.7. The van der Waals surface area contributed by atoms with Crippen LogP contribution in [-0.2, 0) is 11.8 Å². The van der Waals surface area contributed by atoms with Crippen molar-refractivity contribution in [2.24, 2.45) is 12.0 Å². The predicted octanol–water partition coefficient (Wildman–Crippen LogP) is 2.11. The van der Waals surface area contributed by atoms with Crippen LogP contribution >= 0.6 is 11.3 Å². The number of methoxy groups -OCH3 is 1. The van der Waals surface area contributed by atoms with Crippen molar-refractivity contribution in [1.29, 1.82) is 0 Å². The predicted molar refractivity (Wildman–Crippen MR) is 96.7 cm³/mol. The molecular weight excluding hydrogens is 338 g/mol. The molecule has 0 aliphatic carbocycles. The molecule has 3 rings (SSSR count). The molecule has 7 heteroatoms. The van der Waals surface area contributed by atoms with Crippen molar-refractivity contribution in [1.82, 2.24) is 9.88 Å². The largest absolute Gasteiger partial charge is 0.496 e. The van der Waals surface area contributed by atoms with Gasteiger partial charge in [-0.15, -0.1) is 0 Å². The number of rotatable bonds is 4. The Hall–Kier alpha value is -2.93. The van der Waals surface area contributed by atoms with Crippen LogP contribution in [0.5, 0.6) is 5.75 Å². The van der Waals surface area contributed by atoms with Gasteiger partial charge in [0.25, 0.3) is 11.8 Å². The van der Waals surface area contributed by atoms with E-state index in [2.05, 4.69) is 10.3 Å². The molecule has 128 valence electrons. The minimum absolute atomic E-state index is 0.175. The summed E-state index contributed by atoms with van der Waals surface area (Å²) in [5.41, 5.74) is 1.39. The molecule has 1 heterocycles. The number of carbonyl (C=O) groups excluding carboxylic acids is 2. The molecule has 2 amide bonds. The maximum atomic E-state index is 12.2. The lowest BCUT2D eigenvalue weighted by molar-refractivity contribution is -0.117. The Kier molecular flexibility index (Phi) is 4.95. The smallest absolute Gasteiger partial charge is 0.267 e. The van der Waals surface area contributed by atoms with Gasteiger partial charge in [-0.25, -0.2) is 0 Å². The quantitative estimate of drug-likeness (QED) is 0.779. The maximum absolute atomic E-state index is 12.2. The van der Waals surface area contributed by atoms with Gasteiger partial charge in [0.15, 0.2) is 4.80 Å². The van der Waals surface area contributed by atoms with E-state index in [4.69, 9.17) is 4.74 Å². The van der Waals surface area contributed by atoms with E-state index in [9.17, 15) is 9.59 Å². The van der Waals surface area contributed by atoms with Crippen LogP contribution in [-0.4, -0.2) is 30.0 Å². The first-order chi connectivity index (χ1) is 12.1. The van der Waals surface area contributed by atoms with Crippen molar-refractivity contribution in [3.05, 3.63) is 58.9 Å². The first-order valence-corrected chi connectivity index (χ1v) is 8.45. The Morgan fingerprint density at radius 1 is 1.16 bits per heavy atom. The van der Waals surface area contributed by atoms with Crippen molar-refractivity contribution >= 4 is 33.4 Å². The second-order valence-electron chi connectivity index (χ2n) is 5.30. The third-order valence-electron chi connectivity index (χ3n) is 3.69. The molecule has 0 aliphatic heterocycles. The highest BCUT2D eigenvalue weighted by atomic mass is 32.1. The third-order valence-corrected chi connectivity index (χ3v) is 4.80. The average molecular weight is 355 g/mol. The average Bonchev–Trinajstić information content (AvgIpc) is 2.95. The van der Waals surface area contributed by atoms with Gasteiger partial charge in [0.1, 0.15) is 5.75 Å². The molecule has 1 aromatic heterocycles. The fraction of sp³-hybridized carbons (Fsp3) is 0.167. The summed E-state index contributed by atoms with van der Waals surface area (Å²) in [6.45, 7) is -0.175. The maximum Gasteiger partial charge on any atom is 0.267 e. The van der Waals surface area contributed by atoms with E-state index < -0.39 is 5.91 Å². The second kappa shape index (κ2) is 7.31. The molecule has 1 N–H and O–H groups in total. The van der Waals surface area contributed by atoms with Crippen LogP contribution in [0.25, 0.3) is 10.2 Å². The number of aromatic nitrogens is 1. The van der Waals surface area contributed by atoms with Crippen LogP contribution in [0.15, 0.2) is 53.5 Å². The summed E-state index contributed by atoms with van der Waals surface area (Å²) in [7, 11) is 3.35. The molecule has 0 fully saturated rings. The van der Waals surface area contributed by atoms with Gasteiger partial charge in [0.05, 0.1) is 29.4 Å². The van der Waals surface area contributed by atoms with E-state index in [1.165, 1.54) is 18.4 Å². The molecule has 0 radical (unpaired) electrons. The van der Waals surface area contributed by atoms with Gasteiger partial charge in [-0.2, -0.15) is 4.99 Å². The molecule has 2 aromatic carbocycles. The molecule has 0 spiro atoms. The number of fused-ring (bicyclic) bond motifs is 1. The number of thiazole rings is 1. The number of aryl methyl sites for hydroxylation is 1. The Morgan fingerprint density at radius 3 is 2.64 bits per heavy atom. The zero-order valence-electron chi connectivity index (χ0n) is 13.9. The highest BCUT2D eigenvalue weighted by Gasteiger charge is 2.12. The van der Waals surface area contributed by atoms with Crippen molar-refractivity contribution in [3.8, 4) is 5.75 Å². The van der Waals surface area contributed by atoms with Crippen LogP contribution < -0.4 is 14.9 Å². The summed E-state index contributed by atoms with van der Waals surface area (Å²) < 4.78 is 8.06. The number of nitrogens with zero attached hydrogens (tertiary/aromatic N) is 2. The van der Waals surface area contributed by atoms with Crippen LogP contribution in [0.3, 0.4) is 0 Å². The van der Waals surface area contributed by atoms with Gasteiger partial charge in [0, 0.05) is 7.05 Å². The third kappa shape index (κ3) is 3.61. The van der Waals surface area contributed by atoms with Gasteiger partial charge >= 0.3 is 0 Å². The lowest BCUT2D eigenvalue weighted by Crippen LogP contribution is -2.30. The highest BCUT2D eigenvalue weighted by molar-refractivity contribution is 7.16. The van der Waals surface area contributed by atoms with E-state index in [0.717, 1.165) is 10.2 Å². The fourth-order valence-electron chi connectivity index (χ4n) is 2.42. The van der Waals surface area contributed by atoms with E-state index in [0.29, 0.717) is 16.1 Å². The van der Waals surface area contributed by atoms with Gasteiger partial charge in [-0.1, -0.05) is 35.6 Å². The van der Waals surface area contributed by atoms with E-state index >= 15 is 0 Å². The van der Waals surface area contributed by atoms with E-state index in [-0.39, 0.29) is 12.5 Å². The Labute approximate surface area is 148 Å². The summed E-state index contributed by atoms with van der Waals surface area (Å²) in [4.78, 5) is 29.0. The normalized spacial score (nSPS) is 11.5.